The molecule has 2 atom stereocenters. The Morgan fingerprint density at radius 1 is 1.35 bits per heavy atom. The Hall–Kier alpha value is -0.720. The summed E-state index contributed by atoms with van der Waals surface area (Å²) in [6, 6.07) is -0.138. The Balaban J connectivity index is 2.85. The van der Waals surface area contributed by atoms with E-state index in [1.807, 2.05) is 20.8 Å². The number of nitrogens with zero attached hydrogens (tertiary/aromatic N) is 2. The molecule has 0 aliphatic carbocycles. The third-order valence-electron chi connectivity index (χ3n) is 2.75. The second-order valence-corrected chi connectivity index (χ2v) is 6.04. The Kier molecular flexibility index (Phi) is 4.85. The highest BCUT2D eigenvalue weighted by atomic mass is 35.5. The molecular weight excluding hydrogens is 262 g/mol. The molecule has 96 valence electrons. The molecule has 1 aromatic rings. The third-order valence-corrected chi connectivity index (χ3v) is 4.45. The summed E-state index contributed by atoms with van der Waals surface area (Å²) in [4.78, 5) is 7.33. The summed E-state index contributed by atoms with van der Waals surface area (Å²) in [7, 11) is -3.57. The molecule has 2 unspecified atom stereocenters. The monoisotopic (exact) mass is 277 g/mol. The van der Waals surface area contributed by atoms with Crippen molar-refractivity contribution >= 4 is 21.6 Å². The maximum Gasteiger partial charge on any atom is 0.243 e. The first-order valence-corrected chi connectivity index (χ1v) is 7.22. The van der Waals surface area contributed by atoms with Gasteiger partial charge in [0, 0.05) is 6.04 Å². The van der Waals surface area contributed by atoms with E-state index in [9.17, 15) is 8.42 Å². The quantitative estimate of drug-likeness (QED) is 0.834. The normalized spacial score (nSPS) is 15.5. The molecule has 1 rings (SSSR count). The van der Waals surface area contributed by atoms with Crippen molar-refractivity contribution in [2.24, 2.45) is 5.92 Å². The topological polar surface area (TPSA) is 72.0 Å². The highest BCUT2D eigenvalue weighted by Crippen LogP contribution is 2.12. The summed E-state index contributed by atoms with van der Waals surface area (Å²) < 4.78 is 26.5. The van der Waals surface area contributed by atoms with Crippen LogP contribution in [0.4, 0.5) is 0 Å². The summed E-state index contributed by atoms with van der Waals surface area (Å²) in [5.41, 5.74) is 0. The summed E-state index contributed by atoms with van der Waals surface area (Å²) in [6.45, 7) is 5.84. The van der Waals surface area contributed by atoms with Gasteiger partial charge in [-0.1, -0.05) is 20.3 Å². The van der Waals surface area contributed by atoms with E-state index in [1.54, 1.807) is 0 Å². The van der Waals surface area contributed by atoms with Crippen LogP contribution in [-0.2, 0) is 10.0 Å². The zero-order valence-corrected chi connectivity index (χ0v) is 11.6. The predicted molar refractivity (Wildman–Crippen MR) is 66.3 cm³/mol. The van der Waals surface area contributed by atoms with Gasteiger partial charge < -0.3 is 0 Å². The second-order valence-electron chi connectivity index (χ2n) is 3.98. The molecule has 17 heavy (non-hydrogen) atoms. The van der Waals surface area contributed by atoms with E-state index >= 15 is 0 Å². The minimum absolute atomic E-state index is 0.0250. The Morgan fingerprint density at radius 3 is 2.35 bits per heavy atom. The van der Waals surface area contributed by atoms with E-state index in [0.29, 0.717) is 0 Å². The van der Waals surface area contributed by atoms with Crippen LogP contribution in [0.3, 0.4) is 0 Å². The Labute approximate surface area is 107 Å². The maximum atomic E-state index is 11.9. The fourth-order valence-corrected chi connectivity index (χ4v) is 2.56. The van der Waals surface area contributed by atoms with Gasteiger partial charge in [0.05, 0.1) is 12.4 Å². The summed E-state index contributed by atoms with van der Waals surface area (Å²) >= 11 is 5.50. The van der Waals surface area contributed by atoms with Gasteiger partial charge in [-0.15, -0.1) is 0 Å². The van der Waals surface area contributed by atoms with Crippen LogP contribution >= 0.6 is 11.6 Å². The lowest BCUT2D eigenvalue weighted by Gasteiger charge is -2.19. The van der Waals surface area contributed by atoms with E-state index in [0.717, 1.165) is 6.42 Å². The third kappa shape index (κ3) is 3.90. The molecule has 1 aromatic heterocycles. The number of nitrogens with one attached hydrogen (secondary N) is 1. The van der Waals surface area contributed by atoms with Gasteiger partial charge in [0.1, 0.15) is 4.90 Å². The average Bonchev–Trinajstić information content (AvgIpc) is 2.27. The van der Waals surface area contributed by atoms with Crippen molar-refractivity contribution in [3.63, 3.8) is 0 Å². The van der Waals surface area contributed by atoms with Crippen LogP contribution in [0.25, 0.3) is 0 Å². The van der Waals surface area contributed by atoms with E-state index < -0.39 is 10.0 Å². The van der Waals surface area contributed by atoms with Gasteiger partial charge in [-0.05, 0) is 24.4 Å². The smallest absolute Gasteiger partial charge is 0.225 e. The van der Waals surface area contributed by atoms with Crippen molar-refractivity contribution in [3.05, 3.63) is 17.7 Å². The number of rotatable bonds is 5. The minimum atomic E-state index is -3.57. The van der Waals surface area contributed by atoms with Crippen LogP contribution in [0, 0.1) is 5.92 Å². The predicted octanol–water partition coefficient (Wildman–Crippen LogP) is 1.84. The van der Waals surface area contributed by atoms with Crippen molar-refractivity contribution in [2.75, 3.05) is 0 Å². The van der Waals surface area contributed by atoms with Crippen LogP contribution in [0.5, 0.6) is 0 Å². The van der Waals surface area contributed by atoms with E-state index in [1.165, 1.54) is 12.4 Å². The van der Waals surface area contributed by atoms with Crippen molar-refractivity contribution in [1.82, 2.24) is 14.7 Å². The maximum absolute atomic E-state index is 11.9. The van der Waals surface area contributed by atoms with E-state index in [4.69, 9.17) is 11.6 Å². The van der Waals surface area contributed by atoms with Crippen LogP contribution < -0.4 is 4.72 Å². The lowest BCUT2D eigenvalue weighted by Crippen LogP contribution is -2.36. The first-order valence-electron chi connectivity index (χ1n) is 5.36. The fraction of sp³-hybridized carbons (Fsp3) is 0.600. The molecule has 0 bridgehead atoms. The summed E-state index contributed by atoms with van der Waals surface area (Å²) in [6.07, 6.45) is 3.29. The molecule has 0 saturated carbocycles. The standard InChI is InChI=1S/C10H16ClN3O2S/c1-4-7(2)8(3)14-17(15,16)9-5-12-10(11)13-6-9/h5-8,14H,4H2,1-3H3. The first-order chi connectivity index (χ1) is 7.86. The van der Waals surface area contributed by atoms with Crippen molar-refractivity contribution in [1.29, 1.82) is 0 Å². The largest absolute Gasteiger partial charge is 0.243 e. The van der Waals surface area contributed by atoms with Gasteiger partial charge >= 0.3 is 0 Å². The van der Waals surface area contributed by atoms with Gasteiger partial charge in [0.25, 0.3) is 0 Å². The van der Waals surface area contributed by atoms with E-state index in [-0.39, 0.29) is 22.1 Å². The summed E-state index contributed by atoms with van der Waals surface area (Å²) in [5.74, 6) is 0.262. The van der Waals surface area contributed by atoms with Crippen molar-refractivity contribution in [3.8, 4) is 0 Å². The van der Waals surface area contributed by atoms with Crippen LogP contribution in [0.1, 0.15) is 27.2 Å². The van der Waals surface area contributed by atoms with Crippen molar-refractivity contribution < 1.29 is 8.42 Å². The SMILES string of the molecule is CCC(C)C(C)NS(=O)(=O)c1cnc(Cl)nc1. The molecule has 1 heterocycles. The number of halogens is 1. The highest BCUT2D eigenvalue weighted by Gasteiger charge is 2.20. The first kappa shape index (κ1) is 14.3. The Morgan fingerprint density at radius 2 is 1.88 bits per heavy atom. The second kappa shape index (κ2) is 5.75. The number of hydrogen-bond donors (Lipinski definition) is 1. The Bertz CT molecular complexity index is 461. The molecule has 0 aromatic carbocycles. The van der Waals surface area contributed by atoms with Crippen molar-refractivity contribution in [2.45, 2.75) is 38.1 Å². The molecule has 7 heteroatoms. The zero-order chi connectivity index (χ0) is 13.1. The molecule has 0 fully saturated rings. The molecule has 1 N–H and O–H groups in total. The fourth-order valence-electron chi connectivity index (χ4n) is 1.22. The van der Waals surface area contributed by atoms with Gasteiger partial charge in [0.2, 0.25) is 15.3 Å². The number of aromatic nitrogens is 2. The van der Waals surface area contributed by atoms with Crippen LogP contribution in [0.2, 0.25) is 5.28 Å². The number of hydrogen-bond acceptors (Lipinski definition) is 4. The zero-order valence-electron chi connectivity index (χ0n) is 10.0. The lowest BCUT2D eigenvalue weighted by atomic mass is 10.0. The van der Waals surface area contributed by atoms with E-state index in [2.05, 4.69) is 14.7 Å². The molecule has 0 aliphatic rings. The molecule has 0 radical (unpaired) electrons. The molecule has 5 nitrogen and oxygen atoms in total. The lowest BCUT2D eigenvalue weighted by molar-refractivity contribution is 0.434. The summed E-state index contributed by atoms with van der Waals surface area (Å²) in [5, 5.41) is 0.0268. The highest BCUT2D eigenvalue weighted by molar-refractivity contribution is 7.89. The molecular formula is C10H16ClN3O2S. The van der Waals surface area contributed by atoms with Crippen LogP contribution in [-0.4, -0.2) is 24.4 Å². The van der Waals surface area contributed by atoms with Gasteiger partial charge in [-0.2, -0.15) is 0 Å². The molecule has 0 saturated heterocycles. The molecule has 0 amide bonds. The van der Waals surface area contributed by atoms with Gasteiger partial charge in [-0.25, -0.2) is 23.1 Å². The van der Waals surface area contributed by atoms with Gasteiger partial charge in [-0.3, -0.25) is 0 Å². The van der Waals surface area contributed by atoms with Gasteiger partial charge in [0.15, 0.2) is 0 Å². The molecule has 0 spiro atoms. The molecule has 0 aliphatic heterocycles. The minimum Gasteiger partial charge on any atom is -0.225 e. The average molecular weight is 278 g/mol. The van der Waals surface area contributed by atoms with Crippen LogP contribution in [0.15, 0.2) is 17.3 Å². The number of sulfonamides is 1.